The van der Waals surface area contributed by atoms with E-state index in [1.807, 2.05) is 77.7 Å². The molecule has 0 unspecified atom stereocenters. The molecule has 3 aromatic rings. The second-order valence-corrected chi connectivity index (χ2v) is 9.37. The topological polar surface area (TPSA) is 76.0 Å². The number of aliphatic hydroxyl groups excluding tert-OH is 1. The second-order valence-electron chi connectivity index (χ2n) is 9.37. The fraction of sp³-hybridized carbons (Fsp3) is 0.393. The van der Waals surface area contributed by atoms with Gasteiger partial charge in [0, 0.05) is 58.9 Å². The monoisotopic (exact) mass is 486 g/mol. The van der Waals surface area contributed by atoms with Crippen molar-refractivity contribution in [2.45, 2.75) is 5.92 Å². The first-order valence-corrected chi connectivity index (χ1v) is 12.8. The molecule has 2 aliphatic heterocycles. The smallest absolute Gasteiger partial charge is 0.234 e. The van der Waals surface area contributed by atoms with E-state index < -0.39 is 0 Å². The summed E-state index contributed by atoms with van der Waals surface area (Å²) in [5.74, 6) is 1.60. The highest BCUT2D eigenvalue weighted by Crippen LogP contribution is 2.28. The van der Waals surface area contributed by atoms with Crippen LogP contribution in [0.4, 0.5) is 11.6 Å². The third-order valence-corrected chi connectivity index (χ3v) is 7.18. The van der Waals surface area contributed by atoms with Crippen LogP contribution in [0.5, 0.6) is 0 Å². The van der Waals surface area contributed by atoms with Crippen molar-refractivity contribution in [2.75, 3.05) is 75.3 Å². The Labute approximate surface area is 212 Å². The fourth-order valence-electron chi connectivity index (χ4n) is 5.10. The van der Waals surface area contributed by atoms with Crippen LogP contribution in [0.15, 0.2) is 72.8 Å². The normalized spacial score (nSPS) is 17.0. The molecular weight excluding hydrogens is 452 g/mol. The summed E-state index contributed by atoms with van der Waals surface area (Å²) in [7, 11) is 0. The van der Waals surface area contributed by atoms with Gasteiger partial charge in [-0.2, -0.15) is 0 Å². The Morgan fingerprint density at radius 1 is 0.694 bits per heavy atom. The van der Waals surface area contributed by atoms with E-state index in [0.29, 0.717) is 13.1 Å². The Balaban J connectivity index is 1.20. The predicted octanol–water partition coefficient (Wildman–Crippen LogP) is 2.07. The summed E-state index contributed by atoms with van der Waals surface area (Å²) < 4.78 is 0. The highest BCUT2D eigenvalue weighted by Gasteiger charge is 2.30. The van der Waals surface area contributed by atoms with Gasteiger partial charge in [-0.25, -0.2) is 0 Å². The Kier molecular flexibility index (Phi) is 7.73. The Hall–Kier alpha value is -3.49. The quantitative estimate of drug-likeness (QED) is 0.548. The molecule has 188 valence electrons. The lowest BCUT2D eigenvalue weighted by molar-refractivity contribution is -0.132. The first kappa shape index (κ1) is 24.2. The van der Waals surface area contributed by atoms with E-state index in [1.54, 1.807) is 0 Å². The maximum absolute atomic E-state index is 13.7. The molecule has 2 saturated heterocycles. The summed E-state index contributed by atoms with van der Waals surface area (Å²) in [6.45, 7) is 7.33. The van der Waals surface area contributed by atoms with E-state index in [0.717, 1.165) is 68.6 Å². The molecule has 3 heterocycles. The molecule has 0 saturated carbocycles. The zero-order chi connectivity index (χ0) is 24.7. The van der Waals surface area contributed by atoms with Crippen LogP contribution >= 0.6 is 0 Å². The SMILES string of the molecule is O=C(C(c1ccccc1)c1ccccc1)N1CCN(c2ccc(N3CCN(CCO)CC3)nn2)CC1. The van der Waals surface area contributed by atoms with Crippen LogP contribution < -0.4 is 9.80 Å². The van der Waals surface area contributed by atoms with E-state index in [2.05, 4.69) is 24.9 Å². The van der Waals surface area contributed by atoms with Crippen LogP contribution in [0.1, 0.15) is 17.0 Å². The maximum atomic E-state index is 13.7. The molecule has 8 nitrogen and oxygen atoms in total. The van der Waals surface area contributed by atoms with Crippen molar-refractivity contribution < 1.29 is 9.90 Å². The minimum atomic E-state index is -0.295. The first-order chi connectivity index (χ1) is 17.7. The van der Waals surface area contributed by atoms with E-state index in [1.165, 1.54) is 0 Å². The van der Waals surface area contributed by atoms with Gasteiger partial charge in [-0.05, 0) is 23.3 Å². The molecular formula is C28H34N6O2. The predicted molar refractivity (Wildman–Crippen MR) is 141 cm³/mol. The van der Waals surface area contributed by atoms with Crippen molar-refractivity contribution in [1.29, 1.82) is 0 Å². The van der Waals surface area contributed by atoms with Crippen molar-refractivity contribution in [3.05, 3.63) is 83.9 Å². The highest BCUT2D eigenvalue weighted by molar-refractivity contribution is 5.87. The largest absolute Gasteiger partial charge is 0.395 e. The van der Waals surface area contributed by atoms with E-state index >= 15 is 0 Å². The average Bonchev–Trinajstić information content (AvgIpc) is 2.95. The van der Waals surface area contributed by atoms with E-state index in [9.17, 15) is 4.79 Å². The van der Waals surface area contributed by atoms with E-state index in [-0.39, 0.29) is 18.4 Å². The summed E-state index contributed by atoms with van der Waals surface area (Å²) in [6.07, 6.45) is 0. The number of β-amino-alcohol motifs (C(OH)–C–C–N with tert-alkyl or cyclic N) is 1. The van der Waals surface area contributed by atoms with Crippen molar-refractivity contribution in [3.8, 4) is 0 Å². The number of carbonyl (C=O) groups excluding carboxylic acids is 1. The number of nitrogens with zero attached hydrogens (tertiary/aromatic N) is 6. The maximum Gasteiger partial charge on any atom is 0.234 e. The standard InChI is InChI=1S/C28H34N6O2/c35-22-21-31-13-15-32(16-14-31)25-11-12-26(30-29-25)33-17-19-34(20-18-33)28(36)27(23-7-3-1-4-8-23)24-9-5-2-6-10-24/h1-12,27,35H,13-22H2. The van der Waals surface area contributed by atoms with Gasteiger partial charge in [-0.15, -0.1) is 10.2 Å². The number of hydrogen-bond donors (Lipinski definition) is 1. The molecule has 2 aliphatic rings. The van der Waals surface area contributed by atoms with Gasteiger partial charge in [0.2, 0.25) is 5.91 Å². The number of rotatable bonds is 7. The molecule has 0 radical (unpaired) electrons. The van der Waals surface area contributed by atoms with Gasteiger partial charge in [0.15, 0.2) is 11.6 Å². The van der Waals surface area contributed by atoms with Gasteiger partial charge < -0.3 is 19.8 Å². The van der Waals surface area contributed by atoms with Gasteiger partial charge in [0.05, 0.1) is 12.5 Å². The number of carbonyl (C=O) groups is 1. The van der Waals surface area contributed by atoms with Gasteiger partial charge >= 0.3 is 0 Å². The zero-order valence-electron chi connectivity index (χ0n) is 20.6. The minimum absolute atomic E-state index is 0.147. The molecule has 8 heteroatoms. The molecule has 2 fully saturated rings. The summed E-state index contributed by atoms with van der Waals surface area (Å²) in [5.41, 5.74) is 2.05. The Morgan fingerprint density at radius 3 is 1.61 bits per heavy atom. The van der Waals surface area contributed by atoms with E-state index in [4.69, 9.17) is 5.11 Å². The summed E-state index contributed by atoms with van der Waals surface area (Å²) in [6, 6.07) is 24.2. The highest BCUT2D eigenvalue weighted by atomic mass is 16.3. The van der Waals surface area contributed by atoms with Crippen LogP contribution in [0.2, 0.25) is 0 Å². The second kappa shape index (κ2) is 11.5. The number of aliphatic hydroxyl groups is 1. The van der Waals surface area contributed by atoms with Crippen molar-refractivity contribution >= 4 is 17.5 Å². The summed E-state index contributed by atoms with van der Waals surface area (Å²) in [5, 5.41) is 18.1. The van der Waals surface area contributed by atoms with Crippen molar-refractivity contribution in [1.82, 2.24) is 20.0 Å². The van der Waals surface area contributed by atoms with Gasteiger partial charge in [-0.1, -0.05) is 60.7 Å². The lowest BCUT2D eigenvalue weighted by Crippen LogP contribution is -2.50. The van der Waals surface area contributed by atoms with Crippen LogP contribution in [0.25, 0.3) is 0 Å². The number of benzene rings is 2. The zero-order valence-corrected chi connectivity index (χ0v) is 20.6. The van der Waals surface area contributed by atoms with Gasteiger partial charge in [0.25, 0.3) is 0 Å². The molecule has 0 atom stereocenters. The van der Waals surface area contributed by atoms with Crippen LogP contribution in [-0.2, 0) is 4.79 Å². The molecule has 36 heavy (non-hydrogen) atoms. The average molecular weight is 487 g/mol. The third-order valence-electron chi connectivity index (χ3n) is 7.18. The molecule has 0 bridgehead atoms. The first-order valence-electron chi connectivity index (χ1n) is 12.8. The molecule has 5 rings (SSSR count). The summed E-state index contributed by atoms with van der Waals surface area (Å²) >= 11 is 0. The Bertz CT molecular complexity index is 1060. The minimum Gasteiger partial charge on any atom is -0.395 e. The number of amides is 1. The number of hydrogen-bond acceptors (Lipinski definition) is 7. The van der Waals surface area contributed by atoms with Gasteiger partial charge in [0.1, 0.15) is 0 Å². The molecule has 1 amide bonds. The Morgan fingerprint density at radius 2 is 1.17 bits per heavy atom. The molecule has 0 spiro atoms. The van der Waals surface area contributed by atoms with Crippen LogP contribution in [-0.4, -0.2) is 96.5 Å². The number of piperazine rings is 2. The number of aromatic nitrogens is 2. The number of anilines is 2. The third kappa shape index (κ3) is 5.50. The molecule has 1 N–H and O–H groups in total. The van der Waals surface area contributed by atoms with Crippen molar-refractivity contribution in [3.63, 3.8) is 0 Å². The lowest BCUT2D eigenvalue weighted by atomic mass is 9.90. The molecule has 1 aromatic heterocycles. The van der Waals surface area contributed by atoms with Gasteiger partial charge in [-0.3, -0.25) is 9.69 Å². The molecule has 2 aromatic carbocycles. The lowest BCUT2D eigenvalue weighted by Gasteiger charge is -2.37. The van der Waals surface area contributed by atoms with Crippen LogP contribution in [0.3, 0.4) is 0 Å². The van der Waals surface area contributed by atoms with Crippen molar-refractivity contribution in [2.24, 2.45) is 0 Å². The fourth-order valence-corrected chi connectivity index (χ4v) is 5.10. The summed E-state index contributed by atoms with van der Waals surface area (Å²) in [4.78, 5) is 22.4. The molecule has 0 aliphatic carbocycles. The van der Waals surface area contributed by atoms with Crippen LogP contribution in [0, 0.1) is 0 Å².